The standard InChI is InChI=1S/C32H44N4O4/c1-3-40-30(37)15-14-28(34-39-2)31-32(38)36(29-13-5-4-12-27(29)33-31)26-19-23-10-7-11-24(20-26)35(23)25-17-21-8-6-9-22(16-21)18-25/h4-5,12-13,21-26H,3,6-11,14-20H2,1-2H3/t21?,22?,23-,24+,25?,26?. The van der Waals surface area contributed by atoms with Gasteiger partial charge in [0.25, 0.3) is 5.56 Å². The third-order valence-electron chi connectivity index (χ3n) is 10.0. The van der Waals surface area contributed by atoms with Crippen LogP contribution in [-0.2, 0) is 14.4 Å². The Kier molecular flexibility index (Phi) is 8.24. The third-order valence-corrected chi connectivity index (χ3v) is 10.0. The predicted molar refractivity (Wildman–Crippen MR) is 155 cm³/mol. The van der Waals surface area contributed by atoms with Crippen LogP contribution in [0.4, 0.5) is 0 Å². The summed E-state index contributed by atoms with van der Waals surface area (Å²) in [6, 6.07) is 9.80. The molecular formula is C32H44N4O4. The number of rotatable bonds is 8. The lowest BCUT2D eigenvalue weighted by molar-refractivity contribution is -0.142. The van der Waals surface area contributed by atoms with Gasteiger partial charge in [0, 0.05) is 30.6 Å². The van der Waals surface area contributed by atoms with Crippen molar-refractivity contribution in [2.75, 3.05) is 13.7 Å². The van der Waals surface area contributed by atoms with Gasteiger partial charge < -0.3 is 14.1 Å². The molecule has 3 unspecified atom stereocenters. The van der Waals surface area contributed by atoms with Crippen molar-refractivity contribution in [2.45, 2.75) is 115 Å². The quantitative estimate of drug-likeness (QED) is 0.242. The molecule has 3 heterocycles. The number of carbonyl (C=O) groups excluding carboxylic acids is 1. The van der Waals surface area contributed by atoms with Crippen LogP contribution in [0.5, 0.6) is 0 Å². The number of para-hydroxylation sites is 2. The molecule has 2 aliphatic carbocycles. The Morgan fingerprint density at radius 2 is 1.62 bits per heavy atom. The van der Waals surface area contributed by atoms with E-state index in [1.165, 1.54) is 64.9 Å². The van der Waals surface area contributed by atoms with Crippen molar-refractivity contribution in [2.24, 2.45) is 17.0 Å². The highest BCUT2D eigenvalue weighted by Gasteiger charge is 2.45. The summed E-state index contributed by atoms with van der Waals surface area (Å²) in [5, 5.41) is 4.16. The highest BCUT2D eigenvalue weighted by atomic mass is 16.6. The van der Waals surface area contributed by atoms with Crippen molar-refractivity contribution in [3.05, 3.63) is 40.3 Å². The molecule has 0 N–H and O–H groups in total. The monoisotopic (exact) mass is 548 g/mol. The number of hydrogen-bond donors (Lipinski definition) is 0. The normalized spacial score (nSPS) is 30.7. The summed E-state index contributed by atoms with van der Waals surface area (Å²) in [6.07, 6.45) is 14.5. The topological polar surface area (TPSA) is 86.0 Å². The molecule has 2 aromatic rings. The number of carbonyl (C=O) groups is 1. The van der Waals surface area contributed by atoms with Gasteiger partial charge in [-0.3, -0.25) is 14.5 Å². The molecule has 8 nitrogen and oxygen atoms in total. The number of esters is 1. The van der Waals surface area contributed by atoms with E-state index in [2.05, 4.69) is 10.1 Å². The number of aromatic nitrogens is 2. The van der Waals surface area contributed by atoms with Crippen LogP contribution in [0.2, 0.25) is 0 Å². The van der Waals surface area contributed by atoms with E-state index in [-0.39, 0.29) is 36.1 Å². The third kappa shape index (κ3) is 5.44. The molecule has 1 aromatic heterocycles. The molecule has 40 heavy (non-hydrogen) atoms. The Hall–Kier alpha value is -2.74. The van der Waals surface area contributed by atoms with E-state index in [1.54, 1.807) is 6.92 Å². The van der Waals surface area contributed by atoms with Crippen LogP contribution in [0, 0.1) is 11.8 Å². The SMILES string of the molecule is CCOC(=O)CCC(=NOC)c1nc2ccccc2n(C2C[C@H]3CCC[C@@H](C2)N3C2CC3CCCC(C3)C2)c1=O. The maximum atomic E-state index is 14.2. The number of nitrogens with zero attached hydrogens (tertiary/aromatic N) is 4. The van der Waals surface area contributed by atoms with Crippen molar-refractivity contribution >= 4 is 22.7 Å². The van der Waals surface area contributed by atoms with Crippen molar-refractivity contribution in [3.63, 3.8) is 0 Å². The van der Waals surface area contributed by atoms with Crippen molar-refractivity contribution < 1.29 is 14.4 Å². The lowest BCUT2D eigenvalue weighted by Crippen LogP contribution is -2.58. The summed E-state index contributed by atoms with van der Waals surface area (Å²) < 4.78 is 7.11. The average Bonchev–Trinajstić information content (AvgIpc) is 2.94. The van der Waals surface area contributed by atoms with E-state index in [9.17, 15) is 9.59 Å². The maximum Gasteiger partial charge on any atom is 0.306 e. The molecule has 2 saturated heterocycles. The fourth-order valence-electron chi connectivity index (χ4n) is 8.61. The molecule has 6 rings (SSSR count). The second-order valence-corrected chi connectivity index (χ2v) is 12.5. The molecule has 216 valence electrons. The predicted octanol–water partition coefficient (Wildman–Crippen LogP) is 5.62. The first-order chi connectivity index (χ1) is 19.6. The van der Waals surface area contributed by atoms with Gasteiger partial charge in [0.15, 0.2) is 5.69 Å². The van der Waals surface area contributed by atoms with Gasteiger partial charge in [-0.15, -0.1) is 0 Å². The minimum atomic E-state index is -0.320. The van der Waals surface area contributed by atoms with Crippen molar-refractivity contribution in [1.29, 1.82) is 0 Å². The lowest BCUT2D eigenvalue weighted by Gasteiger charge is -2.55. The minimum absolute atomic E-state index is 0.114. The van der Waals surface area contributed by atoms with Crippen LogP contribution in [0.15, 0.2) is 34.2 Å². The van der Waals surface area contributed by atoms with Gasteiger partial charge in [-0.05, 0) is 75.8 Å². The Balaban J connectivity index is 1.32. The number of piperidine rings is 2. The van der Waals surface area contributed by atoms with Gasteiger partial charge in [0.05, 0.1) is 24.1 Å². The molecule has 0 spiro atoms. The largest absolute Gasteiger partial charge is 0.466 e. The number of oxime groups is 1. The summed E-state index contributed by atoms with van der Waals surface area (Å²) in [5.74, 6) is 1.51. The second kappa shape index (κ2) is 12.0. The number of hydrogen-bond acceptors (Lipinski definition) is 7. The molecule has 1 aromatic carbocycles. The first-order valence-electron chi connectivity index (χ1n) is 15.6. The van der Waals surface area contributed by atoms with E-state index in [4.69, 9.17) is 14.6 Å². The van der Waals surface area contributed by atoms with E-state index >= 15 is 0 Å². The van der Waals surface area contributed by atoms with Gasteiger partial charge in [-0.2, -0.15) is 0 Å². The Labute approximate surface area is 237 Å². The summed E-state index contributed by atoms with van der Waals surface area (Å²) in [5.41, 5.74) is 2.18. The summed E-state index contributed by atoms with van der Waals surface area (Å²) >= 11 is 0. The molecule has 8 heteroatoms. The van der Waals surface area contributed by atoms with E-state index in [0.717, 1.165) is 35.7 Å². The van der Waals surface area contributed by atoms with Gasteiger partial charge >= 0.3 is 5.97 Å². The Morgan fingerprint density at radius 1 is 0.925 bits per heavy atom. The summed E-state index contributed by atoms with van der Waals surface area (Å²) in [6.45, 7) is 2.10. The second-order valence-electron chi connectivity index (χ2n) is 12.5. The van der Waals surface area contributed by atoms with Gasteiger partial charge in [0.1, 0.15) is 12.8 Å². The molecule has 0 radical (unpaired) electrons. The van der Waals surface area contributed by atoms with Crippen molar-refractivity contribution in [3.8, 4) is 0 Å². The molecular weight excluding hydrogens is 504 g/mol. The fourth-order valence-corrected chi connectivity index (χ4v) is 8.61. The van der Waals surface area contributed by atoms with Crippen LogP contribution >= 0.6 is 0 Å². The highest BCUT2D eigenvalue weighted by Crippen LogP contribution is 2.47. The van der Waals surface area contributed by atoms with Gasteiger partial charge in [-0.1, -0.05) is 43.0 Å². The zero-order valence-corrected chi connectivity index (χ0v) is 24.1. The van der Waals surface area contributed by atoms with E-state index in [1.807, 2.05) is 28.8 Å². The van der Waals surface area contributed by atoms with Crippen LogP contribution in [0.3, 0.4) is 0 Å². The fraction of sp³-hybridized carbons (Fsp3) is 0.688. The lowest BCUT2D eigenvalue weighted by atomic mass is 9.68. The Bertz CT molecular complexity index is 1280. The highest BCUT2D eigenvalue weighted by molar-refractivity contribution is 6.00. The van der Waals surface area contributed by atoms with Crippen LogP contribution in [0.1, 0.15) is 102 Å². The molecule has 5 atom stereocenters. The van der Waals surface area contributed by atoms with Crippen molar-refractivity contribution in [1.82, 2.24) is 14.5 Å². The number of ether oxygens (including phenoxy) is 1. The first kappa shape index (κ1) is 27.4. The molecule has 0 amide bonds. The minimum Gasteiger partial charge on any atom is -0.466 e. The smallest absolute Gasteiger partial charge is 0.306 e. The zero-order chi connectivity index (χ0) is 27.6. The van der Waals surface area contributed by atoms with E-state index < -0.39 is 0 Å². The molecule has 4 bridgehead atoms. The van der Waals surface area contributed by atoms with Crippen LogP contribution in [0.25, 0.3) is 11.0 Å². The van der Waals surface area contributed by atoms with Crippen LogP contribution in [-0.4, -0.2) is 58.0 Å². The van der Waals surface area contributed by atoms with E-state index in [0.29, 0.717) is 30.4 Å². The van der Waals surface area contributed by atoms with Crippen LogP contribution < -0.4 is 5.56 Å². The summed E-state index contributed by atoms with van der Waals surface area (Å²) in [7, 11) is 1.46. The molecule has 4 fully saturated rings. The van der Waals surface area contributed by atoms with Gasteiger partial charge in [0.2, 0.25) is 0 Å². The zero-order valence-electron chi connectivity index (χ0n) is 24.1. The molecule has 2 aliphatic heterocycles. The number of fused-ring (bicyclic) bond motifs is 5. The first-order valence-corrected chi connectivity index (χ1v) is 15.6. The molecule has 2 saturated carbocycles. The summed E-state index contributed by atoms with van der Waals surface area (Å²) in [4.78, 5) is 39.1. The maximum absolute atomic E-state index is 14.2. The number of benzene rings is 1. The van der Waals surface area contributed by atoms with Gasteiger partial charge in [-0.25, -0.2) is 4.98 Å². The average molecular weight is 549 g/mol. The molecule has 4 aliphatic rings. The Morgan fingerprint density at radius 3 is 2.33 bits per heavy atom.